The average molecular weight is 363 g/mol. The number of methoxy groups -OCH3 is 1. The first-order chi connectivity index (χ1) is 12.0. The molecular weight excluding hydrogens is 344 g/mol. The van der Waals surface area contributed by atoms with Crippen molar-refractivity contribution in [2.24, 2.45) is 0 Å². The molecule has 0 aliphatic rings. The fraction of sp³-hybridized carbons (Fsp3) is 0.278. The number of carbonyl (C=O) groups excluding carboxylic acids is 2. The molecular formula is C18H19ClN2O4. The van der Waals surface area contributed by atoms with Crippen LogP contribution in [0.15, 0.2) is 42.6 Å². The Morgan fingerprint density at radius 1 is 1.24 bits per heavy atom. The number of hydrogen-bond acceptors (Lipinski definition) is 5. The minimum Gasteiger partial charge on any atom is -0.496 e. The van der Waals surface area contributed by atoms with Gasteiger partial charge in [0.1, 0.15) is 11.6 Å². The van der Waals surface area contributed by atoms with Crippen LogP contribution in [-0.2, 0) is 20.7 Å². The zero-order valence-electron chi connectivity index (χ0n) is 14.0. The van der Waals surface area contributed by atoms with Gasteiger partial charge in [0.15, 0.2) is 6.10 Å². The number of rotatable bonds is 7. The molecule has 0 radical (unpaired) electrons. The fourth-order valence-corrected chi connectivity index (χ4v) is 2.25. The van der Waals surface area contributed by atoms with E-state index in [0.29, 0.717) is 17.3 Å². The number of amides is 1. The topological polar surface area (TPSA) is 77.5 Å². The van der Waals surface area contributed by atoms with Gasteiger partial charge in [-0.05, 0) is 37.1 Å². The minimum atomic E-state index is -0.928. The van der Waals surface area contributed by atoms with Gasteiger partial charge in [-0.25, -0.2) is 4.98 Å². The van der Waals surface area contributed by atoms with E-state index < -0.39 is 18.0 Å². The first-order valence-corrected chi connectivity index (χ1v) is 8.11. The zero-order chi connectivity index (χ0) is 18.2. The number of aromatic nitrogens is 1. The van der Waals surface area contributed by atoms with E-state index in [9.17, 15) is 9.59 Å². The zero-order valence-corrected chi connectivity index (χ0v) is 14.7. The molecule has 2 aromatic rings. The van der Waals surface area contributed by atoms with Gasteiger partial charge in [-0.1, -0.05) is 29.8 Å². The summed E-state index contributed by atoms with van der Waals surface area (Å²) in [5.41, 5.74) is 0.907. The highest BCUT2D eigenvalue weighted by Gasteiger charge is 2.18. The molecule has 0 saturated carbocycles. The van der Waals surface area contributed by atoms with Crippen LogP contribution in [-0.4, -0.2) is 30.1 Å². The summed E-state index contributed by atoms with van der Waals surface area (Å²) in [6.07, 6.45) is 1.11. The molecule has 1 amide bonds. The van der Waals surface area contributed by atoms with Crippen LogP contribution < -0.4 is 10.1 Å². The van der Waals surface area contributed by atoms with Gasteiger partial charge in [0, 0.05) is 12.6 Å². The second-order valence-electron chi connectivity index (χ2n) is 5.29. The van der Waals surface area contributed by atoms with Crippen molar-refractivity contribution < 1.29 is 19.1 Å². The lowest BCUT2D eigenvalue weighted by Gasteiger charge is -2.13. The molecule has 132 valence electrons. The molecule has 0 spiro atoms. The van der Waals surface area contributed by atoms with Crippen LogP contribution in [0, 0.1) is 0 Å². The van der Waals surface area contributed by atoms with Crippen molar-refractivity contribution >= 4 is 29.3 Å². The first-order valence-electron chi connectivity index (χ1n) is 7.73. The van der Waals surface area contributed by atoms with Crippen LogP contribution in [0.1, 0.15) is 18.9 Å². The number of hydrogen-bond donors (Lipinski definition) is 1. The van der Waals surface area contributed by atoms with E-state index in [1.807, 2.05) is 24.3 Å². The predicted octanol–water partition coefficient (Wildman–Crippen LogP) is 3.25. The summed E-state index contributed by atoms with van der Waals surface area (Å²) >= 11 is 5.73. The van der Waals surface area contributed by atoms with Gasteiger partial charge in [0.25, 0.3) is 5.91 Å². The third kappa shape index (κ3) is 5.76. The number of para-hydroxylation sites is 1. The van der Waals surface area contributed by atoms with Crippen molar-refractivity contribution in [3.63, 3.8) is 0 Å². The molecule has 1 aromatic heterocycles. The van der Waals surface area contributed by atoms with E-state index in [2.05, 4.69) is 10.3 Å². The summed E-state index contributed by atoms with van der Waals surface area (Å²) in [4.78, 5) is 27.9. The quantitative estimate of drug-likeness (QED) is 0.765. The number of halogens is 1. The van der Waals surface area contributed by atoms with Gasteiger partial charge < -0.3 is 14.8 Å². The summed E-state index contributed by atoms with van der Waals surface area (Å²) in [6, 6.07) is 10.6. The van der Waals surface area contributed by atoms with Gasteiger partial charge >= 0.3 is 5.97 Å². The number of benzene rings is 1. The highest BCUT2D eigenvalue weighted by molar-refractivity contribution is 6.30. The molecule has 6 nitrogen and oxygen atoms in total. The molecule has 1 N–H and O–H groups in total. The maximum atomic E-state index is 12.0. The van der Waals surface area contributed by atoms with Crippen LogP contribution in [0.3, 0.4) is 0 Å². The summed E-state index contributed by atoms with van der Waals surface area (Å²) in [6.45, 7) is 1.51. The fourth-order valence-electron chi connectivity index (χ4n) is 2.13. The van der Waals surface area contributed by atoms with Crippen LogP contribution in [0.2, 0.25) is 5.02 Å². The third-order valence-electron chi connectivity index (χ3n) is 3.45. The maximum absolute atomic E-state index is 12.0. The lowest BCUT2D eigenvalue weighted by Crippen LogP contribution is -2.30. The number of esters is 1. The number of aryl methyl sites for hydroxylation is 1. The Morgan fingerprint density at radius 2 is 2.00 bits per heavy atom. The second-order valence-corrected chi connectivity index (χ2v) is 5.73. The summed E-state index contributed by atoms with van der Waals surface area (Å²) < 4.78 is 10.4. The Balaban J connectivity index is 1.82. The average Bonchev–Trinajstić information content (AvgIpc) is 2.62. The number of nitrogens with one attached hydrogen (secondary N) is 1. The molecule has 0 aliphatic heterocycles. The van der Waals surface area contributed by atoms with Crippen LogP contribution >= 0.6 is 11.6 Å². The Hall–Kier alpha value is -2.60. The number of carbonyl (C=O) groups is 2. The van der Waals surface area contributed by atoms with Crippen molar-refractivity contribution in [2.75, 3.05) is 12.4 Å². The second kappa shape index (κ2) is 9.03. The molecule has 7 heteroatoms. The third-order valence-corrected chi connectivity index (χ3v) is 3.67. The van der Waals surface area contributed by atoms with Crippen molar-refractivity contribution in [3.8, 4) is 5.75 Å². The minimum absolute atomic E-state index is 0.150. The van der Waals surface area contributed by atoms with E-state index in [1.54, 1.807) is 19.2 Å². The molecule has 0 fully saturated rings. The first kappa shape index (κ1) is 18.7. The molecule has 1 heterocycles. The largest absolute Gasteiger partial charge is 0.496 e. The van der Waals surface area contributed by atoms with Gasteiger partial charge in [-0.3, -0.25) is 9.59 Å². The Bertz CT molecular complexity index is 734. The molecule has 1 aromatic carbocycles. The summed E-state index contributed by atoms with van der Waals surface area (Å²) in [5.74, 6) is 0.138. The lowest BCUT2D eigenvalue weighted by molar-refractivity contribution is -0.153. The molecule has 2 rings (SSSR count). The highest BCUT2D eigenvalue weighted by Crippen LogP contribution is 2.19. The number of pyridine rings is 1. The predicted molar refractivity (Wildman–Crippen MR) is 94.7 cm³/mol. The van der Waals surface area contributed by atoms with E-state index in [0.717, 1.165) is 11.3 Å². The van der Waals surface area contributed by atoms with Crippen molar-refractivity contribution in [1.82, 2.24) is 4.98 Å². The SMILES string of the molecule is COc1ccccc1CCC(=O)OC(C)C(=O)Nc1ccc(Cl)cn1. The van der Waals surface area contributed by atoms with E-state index in [-0.39, 0.29) is 6.42 Å². The van der Waals surface area contributed by atoms with Crippen molar-refractivity contribution in [1.29, 1.82) is 0 Å². The van der Waals surface area contributed by atoms with Crippen molar-refractivity contribution in [2.45, 2.75) is 25.9 Å². The molecule has 1 atom stereocenters. The molecule has 25 heavy (non-hydrogen) atoms. The van der Waals surface area contributed by atoms with Crippen molar-refractivity contribution in [3.05, 3.63) is 53.2 Å². The van der Waals surface area contributed by atoms with Gasteiger partial charge in [0.05, 0.1) is 12.1 Å². The molecule has 1 unspecified atom stereocenters. The van der Waals surface area contributed by atoms with Gasteiger partial charge in [-0.2, -0.15) is 0 Å². The number of ether oxygens (including phenoxy) is 2. The van der Waals surface area contributed by atoms with Crippen LogP contribution in [0.25, 0.3) is 0 Å². The summed E-state index contributed by atoms with van der Waals surface area (Å²) in [5, 5.41) is 3.03. The monoisotopic (exact) mass is 362 g/mol. The van der Waals surface area contributed by atoms with Crippen LogP contribution in [0.5, 0.6) is 5.75 Å². The standard InChI is InChI=1S/C18H19ClN2O4/c1-12(18(23)21-16-9-8-14(19)11-20-16)25-17(22)10-7-13-5-3-4-6-15(13)24-2/h3-6,8-9,11-12H,7,10H2,1-2H3,(H,20,21,23). The summed E-state index contributed by atoms with van der Waals surface area (Å²) in [7, 11) is 1.58. The Labute approximate surface area is 151 Å². The maximum Gasteiger partial charge on any atom is 0.306 e. The highest BCUT2D eigenvalue weighted by atomic mass is 35.5. The smallest absolute Gasteiger partial charge is 0.306 e. The van der Waals surface area contributed by atoms with E-state index in [4.69, 9.17) is 21.1 Å². The molecule has 0 bridgehead atoms. The lowest BCUT2D eigenvalue weighted by atomic mass is 10.1. The van der Waals surface area contributed by atoms with Crippen LogP contribution in [0.4, 0.5) is 5.82 Å². The number of anilines is 1. The molecule has 0 saturated heterocycles. The van der Waals surface area contributed by atoms with E-state index in [1.165, 1.54) is 13.1 Å². The number of nitrogens with zero attached hydrogens (tertiary/aromatic N) is 1. The Kier molecular flexibility index (Phi) is 6.77. The van der Waals surface area contributed by atoms with Gasteiger partial charge in [-0.15, -0.1) is 0 Å². The van der Waals surface area contributed by atoms with Gasteiger partial charge in [0.2, 0.25) is 0 Å². The molecule has 0 aliphatic carbocycles. The van der Waals surface area contributed by atoms with E-state index >= 15 is 0 Å². The Morgan fingerprint density at radius 3 is 2.68 bits per heavy atom. The normalized spacial score (nSPS) is 11.5.